The minimum absolute atomic E-state index is 0.0203. The Morgan fingerprint density at radius 2 is 1.67 bits per heavy atom. The molecule has 2 aromatic rings. The molecule has 2 aromatic carbocycles. The number of rotatable bonds is 6. The van der Waals surface area contributed by atoms with E-state index in [-0.39, 0.29) is 18.3 Å². The predicted octanol–water partition coefficient (Wildman–Crippen LogP) is 2.81. The molecular formula is C16H17NO4. The summed E-state index contributed by atoms with van der Waals surface area (Å²) in [7, 11) is 0. The van der Waals surface area contributed by atoms with Crippen LogP contribution in [-0.2, 0) is 4.79 Å². The van der Waals surface area contributed by atoms with E-state index in [2.05, 4.69) is 5.32 Å². The molecule has 5 nitrogen and oxygen atoms in total. The molecule has 1 amide bonds. The average molecular weight is 287 g/mol. The number of hydrogen-bond donors (Lipinski definition) is 2. The van der Waals surface area contributed by atoms with E-state index in [9.17, 15) is 9.90 Å². The molecule has 0 aliphatic carbocycles. The molecule has 0 bridgehead atoms. The largest absolute Gasteiger partial charge is 0.506 e. The van der Waals surface area contributed by atoms with Gasteiger partial charge in [0.2, 0.25) is 0 Å². The summed E-state index contributed by atoms with van der Waals surface area (Å²) in [5.74, 6) is 1.01. The van der Waals surface area contributed by atoms with Gasteiger partial charge in [-0.05, 0) is 43.3 Å². The van der Waals surface area contributed by atoms with Gasteiger partial charge in [-0.3, -0.25) is 4.79 Å². The van der Waals surface area contributed by atoms with Crippen LogP contribution in [0.4, 0.5) is 5.69 Å². The van der Waals surface area contributed by atoms with Crippen molar-refractivity contribution in [2.45, 2.75) is 6.92 Å². The van der Waals surface area contributed by atoms with Gasteiger partial charge in [-0.15, -0.1) is 0 Å². The molecule has 0 spiro atoms. The quantitative estimate of drug-likeness (QED) is 0.802. The van der Waals surface area contributed by atoms with Crippen molar-refractivity contribution in [1.29, 1.82) is 0 Å². The summed E-state index contributed by atoms with van der Waals surface area (Å²) in [6.07, 6.45) is 0. The number of benzene rings is 2. The number of carbonyl (C=O) groups is 1. The van der Waals surface area contributed by atoms with Gasteiger partial charge in [-0.1, -0.05) is 12.1 Å². The second-order valence-electron chi connectivity index (χ2n) is 4.26. The van der Waals surface area contributed by atoms with E-state index in [0.717, 1.165) is 5.75 Å². The van der Waals surface area contributed by atoms with Crippen LogP contribution in [0.15, 0.2) is 48.5 Å². The van der Waals surface area contributed by atoms with Crippen LogP contribution in [0.2, 0.25) is 0 Å². The molecule has 2 rings (SSSR count). The van der Waals surface area contributed by atoms with Crippen molar-refractivity contribution in [3.63, 3.8) is 0 Å². The molecule has 0 radical (unpaired) electrons. The number of anilines is 1. The van der Waals surface area contributed by atoms with Crippen LogP contribution in [0.5, 0.6) is 17.2 Å². The summed E-state index contributed by atoms with van der Waals surface area (Å²) in [5, 5.41) is 12.1. The third-order valence-electron chi connectivity index (χ3n) is 2.68. The lowest BCUT2D eigenvalue weighted by Crippen LogP contribution is -2.20. The predicted molar refractivity (Wildman–Crippen MR) is 79.8 cm³/mol. The molecule has 0 heterocycles. The van der Waals surface area contributed by atoms with E-state index in [1.807, 2.05) is 6.92 Å². The lowest BCUT2D eigenvalue weighted by Gasteiger charge is -2.09. The first kappa shape index (κ1) is 14.7. The Hall–Kier alpha value is -2.69. The van der Waals surface area contributed by atoms with E-state index >= 15 is 0 Å². The second kappa shape index (κ2) is 7.19. The third kappa shape index (κ3) is 4.42. The van der Waals surface area contributed by atoms with Gasteiger partial charge in [-0.2, -0.15) is 0 Å². The Balaban J connectivity index is 1.85. The summed E-state index contributed by atoms with van der Waals surface area (Å²) in [5.41, 5.74) is 0.359. The number of hydrogen-bond acceptors (Lipinski definition) is 4. The molecular weight excluding hydrogens is 270 g/mol. The normalized spacial score (nSPS) is 9.95. The van der Waals surface area contributed by atoms with Crippen molar-refractivity contribution in [2.75, 3.05) is 18.5 Å². The fourth-order valence-electron chi connectivity index (χ4n) is 1.71. The van der Waals surface area contributed by atoms with Crippen molar-refractivity contribution in [2.24, 2.45) is 0 Å². The highest BCUT2D eigenvalue weighted by Gasteiger charge is 2.06. The molecule has 0 saturated carbocycles. The molecule has 0 atom stereocenters. The summed E-state index contributed by atoms with van der Waals surface area (Å²) in [6, 6.07) is 13.5. The fraction of sp³-hybridized carbons (Fsp3) is 0.188. The smallest absolute Gasteiger partial charge is 0.262 e. The number of aromatic hydroxyl groups is 1. The number of phenols is 1. The second-order valence-corrected chi connectivity index (χ2v) is 4.26. The number of ether oxygens (including phenoxy) is 2. The zero-order chi connectivity index (χ0) is 15.1. The Labute approximate surface area is 123 Å². The molecule has 0 aliphatic heterocycles. The molecule has 21 heavy (non-hydrogen) atoms. The van der Waals surface area contributed by atoms with Crippen molar-refractivity contribution < 1.29 is 19.4 Å². The van der Waals surface area contributed by atoms with Gasteiger partial charge in [0.05, 0.1) is 12.3 Å². The van der Waals surface area contributed by atoms with Gasteiger partial charge >= 0.3 is 0 Å². The van der Waals surface area contributed by atoms with Crippen molar-refractivity contribution in [3.8, 4) is 17.2 Å². The van der Waals surface area contributed by atoms with Gasteiger partial charge < -0.3 is 19.9 Å². The zero-order valence-electron chi connectivity index (χ0n) is 11.7. The SMILES string of the molecule is CCOc1ccc(OCC(=O)Nc2ccccc2O)cc1. The number of carbonyl (C=O) groups excluding carboxylic acids is 1. The molecule has 110 valence electrons. The van der Waals surface area contributed by atoms with Crippen LogP contribution in [0, 0.1) is 0 Å². The van der Waals surface area contributed by atoms with Crippen LogP contribution in [0.3, 0.4) is 0 Å². The Morgan fingerprint density at radius 1 is 1.05 bits per heavy atom. The first-order valence-electron chi connectivity index (χ1n) is 6.62. The van der Waals surface area contributed by atoms with Crippen LogP contribution in [0.1, 0.15) is 6.92 Å². The Morgan fingerprint density at radius 3 is 2.29 bits per heavy atom. The molecule has 0 aromatic heterocycles. The number of phenolic OH excluding ortho intramolecular Hbond substituents is 1. The molecule has 0 saturated heterocycles. The number of amides is 1. The van der Waals surface area contributed by atoms with Gasteiger partial charge in [0.15, 0.2) is 6.61 Å². The van der Waals surface area contributed by atoms with Gasteiger partial charge in [0.1, 0.15) is 17.2 Å². The van der Waals surface area contributed by atoms with Crippen LogP contribution in [-0.4, -0.2) is 24.2 Å². The number of para-hydroxylation sites is 2. The maximum absolute atomic E-state index is 11.7. The maximum Gasteiger partial charge on any atom is 0.262 e. The van der Waals surface area contributed by atoms with Crippen molar-refractivity contribution >= 4 is 11.6 Å². The fourth-order valence-corrected chi connectivity index (χ4v) is 1.71. The van der Waals surface area contributed by atoms with E-state index in [4.69, 9.17) is 9.47 Å². The van der Waals surface area contributed by atoms with E-state index < -0.39 is 0 Å². The summed E-state index contributed by atoms with van der Waals surface area (Å²) in [4.78, 5) is 11.7. The molecule has 0 unspecified atom stereocenters. The highest BCUT2D eigenvalue weighted by molar-refractivity contribution is 5.93. The average Bonchev–Trinajstić information content (AvgIpc) is 2.49. The summed E-state index contributed by atoms with van der Waals surface area (Å²) in [6.45, 7) is 2.37. The van der Waals surface area contributed by atoms with Crippen LogP contribution < -0.4 is 14.8 Å². The van der Waals surface area contributed by atoms with Gasteiger partial charge in [0.25, 0.3) is 5.91 Å². The monoisotopic (exact) mass is 287 g/mol. The third-order valence-corrected chi connectivity index (χ3v) is 2.68. The lowest BCUT2D eigenvalue weighted by molar-refractivity contribution is -0.118. The first-order valence-corrected chi connectivity index (χ1v) is 6.62. The number of nitrogens with one attached hydrogen (secondary N) is 1. The minimum Gasteiger partial charge on any atom is -0.506 e. The van der Waals surface area contributed by atoms with Gasteiger partial charge in [-0.25, -0.2) is 0 Å². The van der Waals surface area contributed by atoms with Crippen molar-refractivity contribution in [1.82, 2.24) is 0 Å². The van der Waals surface area contributed by atoms with Crippen molar-refractivity contribution in [3.05, 3.63) is 48.5 Å². The molecule has 5 heteroatoms. The first-order chi connectivity index (χ1) is 10.2. The molecule has 0 fully saturated rings. The van der Waals surface area contributed by atoms with E-state index in [0.29, 0.717) is 18.0 Å². The Kier molecular flexibility index (Phi) is 5.04. The van der Waals surface area contributed by atoms with E-state index in [1.54, 1.807) is 42.5 Å². The molecule has 2 N–H and O–H groups in total. The minimum atomic E-state index is -0.342. The molecule has 0 aliphatic rings. The van der Waals surface area contributed by atoms with E-state index in [1.165, 1.54) is 6.07 Å². The zero-order valence-corrected chi connectivity index (χ0v) is 11.7. The summed E-state index contributed by atoms with van der Waals surface area (Å²) >= 11 is 0. The van der Waals surface area contributed by atoms with Crippen LogP contribution >= 0.6 is 0 Å². The maximum atomic E-state index is 11.7. The standard InChI is InChI=1S/C16H17NO4/c1-2-20-12-7-9-13(10-8-12)21-11-16(19)17-14-5-3-4-6-15(14)18/h3-10,18H,2,11H2,1H3,(H,17,19). The topological polar surface area (TPSA) is 67.8 Å². The highest BCUT2D eigenvalue weighted by atomic mass is 16.5. The summed E-state index contributed by atoms with van der Waals surface area (Å²) < 4.78 is 10.7. The van der Waals surface area contributed by atoms with Crippen LogP contribution in [0.25, 0.3) is 0 Å². The Bertz CT molecular complexity index is 595. The van der Waals surface area contributed by atoms with Gasteiger partial charge in [0, 0.05) is 0 Å². The lowest BCUT2D eigenvalue weighted by atomic mass is 10.3. The highest BCUT2D eigenvalue weighted by Crippen LogP contribution is 2.21.